The van der Waals surface area contributed by atoms with E-state index in [-0.39, 0.29) is 0 Å². The van der Waals surface area contributed by atoms with Crippen LogP contribution in [0.2, 0.25) is 0 Å². The molecular weight excluding hydrogens is 333 g/mol. The van der Waals surface area contributed by atoms with Gasteiger partial charge in [-0.15, -0.1) is 22.7 Å². The molecule has 2 aliphatic rings. The van der Waals surface area contributed by atoms with Crippen LogP contribution in [-0.2, 0) is 0 Å². The van der Waals surface area contributed by atoms with Crippen LogP contribution in [0.25, 0.3) is 8.47 Å². The van der Waals surface area contributed by atoms with E-state index in [1.165, 1.54) is 16.9 Å². The number of hydrogen-bond donors (Lipinski definition) is 0. The molecule has 3 heterocycles. The molecule has 0 aliphatic carbocycles. The van der Waals surface area contributed by atoms with E-state index in [1.807, 2.05) is 11.3 Å². The molecule has 0 spiro atoms. The van der Waals surface area contributed by atoms with Crippen LogP contribution in [0.4, 0.5) is 0 Å². The van der Waals surface area contributed by atoms with E-state index in [9.17, 15) is 0 Å². The van der Waals surface area contributed by atoms with Crippen molar-refractivity contribution in [3.63, 3.8) is 0 Å². The highest BCUT2D eigenvalue weighted by atomic mass is 32.2. The second kappa shape index (κ2) is 5.26. The van der Waals surface area contributed by atoms with Gasteiger partial charge < -0.3 is 0 Å². The van der Waals surface area contributed by atoms with Crippen molar-refractivity contribution in [2.75, 3.05) is 0 Å². The maximum atomic E-state index is 5.45. The maximum absolute atomic E-state index is 5.45. The Kier molecular flexibility index (Phi) is 3.93. The largest absolute Gasteiger partial charge is 0.119 e. The van der Waals surface area contributed by atoms with E-state index < -0.39 is 0 Å². The highest BCUT2D eigenvalue weighted by Crippen LogP contribution is 2.40. The van der Waals surface area contributed by atoms with Crippen LogP contribution in [0.5, 0.6) is 0 Å². The van der Waals surface area contributed by atoms with Crippen molar-refractivity contribution >= 4 is 90.4 Å². The second-order valence-electron chi connectivity index (χ2n) is 2.70. The lowest BCUT2D eigenvalue weighted by Crippen LogP contribution is -1.95. The highest BCUT2D eigenvalue weighted by Gasteiger charge is 2.09. The Labute approximate surface area is 123 Å². The van der Waals surface area contributed by atoms with E-state index in [0.717, 1.165) is 3.82 Å². The Balaban J connectivity index is 2.20. The van der Waals surface area contributed by atoms with Crippen LogP contribution >= 0.6 is 81.9 Å². The van der Waals surface area contributed by atoms with Crippen LogP contribution < -0.4 is 8.38 Å². The Morgan fingerprint density at radius 2 is 1.31 bits per heavy atom. The topological polar surface area (TPSA) is 0 Å². The van der Waals surface area contributed by atoms with Gasteiger partial charge in [0.2, 0.25) is 0 Å². The normalized spacial score (nSPS) is 19.0. The van der Waals surface area contributed by atoms with Gasteiger partial charge in [0, 0.05) is 0 Å². The minimum Gasteiger partial charge on any atom is -0.119 e. The minimum atomic E-state index is 1.03. The van der Waals surface area contributed by atoms with Gasteiger partial charge >= 0.3 is 0 Å². The molecular formula is C9H4S7. The monoisotopic (exact) mass is 336 g/mol. The third-order valence-corrected chi connectivity index (χ3v) is 9.76. The van der Waals surface area contributed by atoms with Gasteiger partial charge in [0.25, 0.3) is 0 Å². The molecule has 16 heavy (non-hydrogen) atoms. The summed E-state index contributed by atoms with van der Waals surface area (Å²) >= 11 is 16.2. The van der Waals surface area contributed by atoms with Crippen molar-refractivity contribution in [3.05, 3.63) is 33.8 Å². The first kappa shape index (κ1) is 12.0. The lowest BCUT2D eigenvalue weighted by atomic mass is 10.9. The van der Waals surface area contributed by atoms with E-state index >= 15 is 0 Å². The zero-order valence-electron chi connectivity index (χ0n) is 7.67. The molecule has 7 heteroatoms. The summed E-state index contributed by atoms with van der Waals surface area (Å²) in [6.45, 7) is 0. The fourth-order valence-electron chi connectivity index (χ4n) is 1.11. The van der Waals surface area contributed by atoms with Gasteiger partial charge in [-0.1, -0.05) is 59.3 Å². The lowest BCUT2D eigenvalue weighted by molar-refractivity contribution is 2.04. The first-order valence-corrected chi connectivity index (χ1v) is 9.76. The summed E-state index contributed by atoms with van der Waals surface area (Å²) in [5.74, 6) is 0. The molecule has 1 aromatic rings. The van der Waals surface area contributed by atoms with E-state index in [2.05, 4.69) is 21.6 Å². The predicted molar refractivity (Wildman–Crippen MR) is 87.7 cm³/mol. The maximum Gasteiger partial charge on any atom is 0.110 e. The summed E-state index contributed by atoms with van der Waals surface area (Å²) in [6.07, 6.45) is 0. The van der Waals surface area contributed by atoms with Gasteiger partial charge in [0.05, 0.1) is 13.0 Å². The molecule has 0 amide bonds. The second-order valence-corrected chi connectivity index (χ2v) is 9.85. The zero-order valence-corrected chi connectivity index (χ0v) is 13.4. The van der Waals surface area contributed by atoms with Crippen molar-refractivity contribution in [1.29, 1.82) is 0 Å². The van der Waals surface area contributed by atoms with Gasteiger partial charge in [0.1, 0.15) is 7.67 Å². The molecule has 3 rings (SSSR count). The molecule has 2 aliphatic heterocycles. The third kappa shape index (κ3) is 2.36. The van der Waals surface area contributed by atoms with Gasteiger partial charge in [-0.05, 0) is 21.6 Å². The number of hydrogen-bond acceptors (Lipinski definition) is 7. The molecule has 0 bridgehead atoms. The summed E-state index contributed by atoms with van der Waals surface area (Å²) < 4.78 is 6.35. The Morgan fingerprint density at radius 1 is 0.750 bits per heavy atom. The Morgan fingerprint density at radius 3 is 1.94 bits per heavy atom. The molecule has 1 aromatic heterocycles. The first-order chi connectivity index (χ1) is 7.84. The van der Waals surface area contributed by atoms with Crippen LogP contribution in [0.15, 0.2) is 21.6 Å². The summed E-state index contributed by atoms with van der Waals surface area (Å²) in [4.78, 5) is 0. The molecule has 0 nitrogen and oxygen atoms in total. The summed E-state index contributed by atoms with van der Waals surface area (Å²) in [5.41, 5.74) is 0. The number of thioether (sulfide) groups is 4. The van der Waals surface area contributed by atoms with Crippen molar-refractivity contribution in [2.45, 2.75) is 0 Å². The van der Waals surface area contributed by atoms with Crippen LogP contribution in [0.1, 0.15) is 0 Å². The minimum absolute atomic E-state index is 1.03. The van der Waals surface area contributed by atoms with Crippen molar-refractivity contribution in [3.8, 4) is 0 Å². The summed E-state index contributed by atoms with van der Waals surface area (Å²) in [5, 5.41) is 8.49. The smallest absolute Gasteiger partial charge is 0.110 e. The quantitative estimate of drug-likeness (QED) is 0.634. The zero-order chi connectivity index (χ0) is 11.0. The predicted octanol–water partition coefficient (Wildman–Crippen LogP) is 4.57. The molecule has 0 saturated heterocycles. The molecule has 0 atom stereocenters. The van der Waals surface area contributed by atoms with Crippen LogP contribution in [-0.4, -0.2) is 0 Å². The average Bonchev–Trinajstić information content (AvgIpc) is 2.97. The molecule has 0 radical (unpaired) electrons. The third-order valence-electron chi connectivity index (χ3n) is 1.73. The summed E-state index contributed by atoms with van der Waals surface area (Å²) in [6, 6.07) is 0. The first-order valence-electron chi connectivity index (χ1n) is 4.20. The fourth-order valence-corrected chi connectivity index (χ4v) is 8.52. The van der Waals surface area contributed by atoms with Crippen LogP contribution in [0, 0.1) is 3.82 Å². The van der Waals surface area contributed by atoms with Gasteiger partial charge in [-0.25, -0.2) is 0 Å². The van der Waals surface area contributed by atoms with E-state index in [0.29, 0.717) is 0 Å². The number of rotatable bonds is 0. The SMILES string of the molecule is S=c1sc(=C2SC=CS2)sc1=C1SC=CS1. The van der Waals surface area contributed by atoms with Gasteiger partial charge in [0.15, 0.2) is 0 Å². The molecule has 0 aromatic carbocycles. The lowest BCUT2D eigenvalue weighted by Gasteiger charge is -1.88. The molecule has 0 fully saturated rings. The Bertz CT molecular complexity index is 622. The van der Waals surface area contributed by atoms with E-state index in [1.54, 1.807) is 58.4 Å². The Hall–Kier alpha value is 0.890. The van der Waals surface area contributed by atoms with E-state index in [4.69, 9.17) is 12.2 Å². The van der Waals surface area contributed by atoms with Crippen LogP contribution in [0.3, 0.4) is 0 Å². The van der Waals surface area contributed by atoms with Crippen molar-refractivity contribution in [1.82, 2.24) is 0 Å². The van der Waals surface area contributed by atoms with Gasteiger partial charge in [-0.2, -0.15) is 0 Å². The standard InChI is InChI=1S/C9H4S7/c10-6-5(7-11-1-2-12-7)15-9(16-6)8-13-3-4-14-8/h1-4H. The van der Waals surface area contributed by atoms with Crippen molar-refractivity contribution < 1.29 is 0 Å². The molecule has 0 saturated carbocycles. The molecule has 82 valence electrons. The molecule has 0 N–H and O–H groups in total. The van der Waals surface area contributed by atoms with Gasteiger partial charge in [-0.3, -0.25) is 0 Å². The highest BCUT2D eigenvalue weighted by molar-refractivity contribution is 8.35. The average molecular weight is 337 g/mol. The van der Waals surface area contributed by atoms with Crippen molar-refractivity contribution in [2.24, 2.45) is 0 Å². The molecule has 0 unspecified atom stereocenters. The fraction of sp³-hybridized carbons (Fsp3) is 0. The summed E-state index contributed by atoms with van der Waals surface area (Å²) in [7, 11) is 0.